The molecule has 1 atom stereocenters. The van der Waals surface area contributed by atoms with Crippen LogP contribution in [0, 0.1) is 0 Å². The quantitative estimate of drug-likeness (QED) is 0.510. The van der Waals surface area contributed by atoms with Gasteiger partial charge in [0.15, 0.2) is 0 Å². The zero-order valence-electron chi connectivity index (χ0n) is 8.09. The van der Waals surface area contributed by atoms with Gasteiger partial charge in [0.25, 0.3) is 0 Å². The maximum absolute atomic E-state index is 8.94. The Morgan fingerprint density at radius 2 is 1.82 bits per heavy atom. The van der Waals surface area contributed by atoms with Crippen molar-refractivity contribution in [2.45, 2.75) is 45.1 Å². The highest BCUT2D eigenvalue weighted by atomic mass is 28.3. The van der Waals surface area contributed by atoms with Gasteiger partial charge in [-0.15, -0.1) is 0 Å². The van der Waals surface area contributed by atoms with Crippen molar-refractivity contribution in [2.24, 2.45) is 0 Å². The Balaban J connectivity index is 3.46. The standard InChI is InChI=1S/C9H20OSi/c1-9(10)7-5-6-8-11(2,3)4/h5-6,9-10H,7-8H2,1-4H3. The van der Waals surface area contributed by atoms with Crippen molar-refractivity contribution < 1.29 is 5.11 Å². The van der Waals surface area contributed by atoms with Crippen LogP contribution in [-0.2, 0) is 0 Å². The van der Waals surface area contributed by atoms with Gasteiger partial charge in [-0.05, 0) is 19.4 Å². The first-order valence-electron chi connectivity index (χ1n) is 4.25. The van der Waals surface area contributed by atoms with Gasteiger partial charge in [-0.25, -0.2) is 0 Å². The molecule has 0 amide bonds. The van der Waals surface area contributed by atoms with Crippen molar-refractivity contribution in [1.82, 2.24) is 0 Å². The largest absolute Gasteiger partial charge is 0.393 e. The van der Waals surface area contributed by atoms with Crippen LogP contribution in [0.15, 0.2) is 12.2 Å². The zero-order valence-corrected chi connectivity index (χ0v) is 9.09. The maximum Gasteiger partial charge on any atom is 0.0546 e. The first-order chi connectivity index (χ1) is 4.92. The summed E-state index contributed by atoms with van der Waals surface area (Å²) in [5.41, 5.74) is 0. The lowest BCUT2D eigenvalue weighted by Crippen LogP contribution is -2.17. The van der Waals surface area contributed by atoms with Crippen molar-refractivity contribution in [3.05, 3.63) is 12.2 Å². The first kappa shape index (κ1) is 10.9. The van der Waals surface area contributed by atoms with Crippen LogP contribution in [0.5, 0.6) is 0 Å². The first-order valence-corrected chi connectivity index (χ1v) is 7.95. The van der Waals surface area contributed by atoms with Crippen LogP contribution in [-0.4, -0.2) is 19.3 Å². The molecule has 1 nitrogen and oxygen atoms in total. The highest BCUT2D eigenvalue weighted by Gasteiger charge is 2.09. The molecule has 66 valence electrons. The lowest BCUT2D eigenvalue weighted by atomic mass is 10.3. The van der Waals surface area contributed by atoms with E-state index in [9.17, 15) is 0 Å². The van der Waals surface area contributed by atoms with E-state index < -0.39 is 8.07 Å². The van der Waals surface area contributed by atoms with Crippen LogP contribution < -0.4 is 0 Å². The van der Waals surface area contributed by atoms with Crippen molar-refractivity contribution in [3.63, 3.8) is 0 Å². The number of aliphatic hydroxyl groups is 1. The predicted octanol–water partition coefficient (Wildman–Crippen LogP) is 2.65. The second-order valence-electron chi connectivity index (χ2n) is 4.32. The zero-order chi connectivity index (χ0) is 8.91. The molecule has 0 aromatic carbocycles. The number of allylic oxidation sites excluding steroid dienone is 1. The van der Waals surface area contributed by atoms with E-state index in [0.717, 1.165) is 6.42 Å². The number of hydrogen-bond acceptors (Lipinski definition) is 1. The fourth-order valence-electron chi connectivity index (χ4n) is 0.730. The van der Waals surface area contributed by atoms with E-state index in [0.29, 0.717) is 0 Å². The van der Waals surface area contributed by atoms with E-state index in [1.807, 2.05) is 6.92 Å². The maximum atomic E-state index is 8.94. The lowest BCUT2D eigenvalue weighted by Gasteiger charge is -2.11. The smallest absolute Gasteiger partial charge is 0.0546 e. The molecular weight excluding hydrogens is 152 g/mol. The molecule has 0 spiro atoms. The summed E-state index contributed by atoms with van der Waals surface area (Å²) in [6.45, 7) is 8.86. The second kappa shape index (κ2) is 4.73. The van der Waals surface area contributed by atoms with E-state index in [1.54, 1.807) is 0 Å². The highest BCUT2D eigenvalue weighted by Crippen LogP contribution is 2.08. The molecule has 0 aliphatic rings. The number of rotatable bonds is 4. The molecule has 0 radical (unpaired) electrons. The van der Waals surface area contributed by atoms with Gasteiger partial charge in [0.2, 0.25) is 0 Å². The van der Waals surface area contributed by atoms with Crippen LogP contribution in [0.2, 0.25) is 25.7 Å². The van der Waals surface area contributed by atoms with Gasteiger partial charge < -0.3 is 5.11 Å². The number of aliphatic hydroxyl groups excluding tert-OH is 1. The van der Waals surface area contributed by atoms with Gasteiger partial charge in [0.1, 0.15) is 0 Å². The molecule has 11 heavy (non-hydrogen) atoms. The minimum Gasteiger partial charge on any atom is -0.393 e. The molecule has 0 fully saturated rings. The van der Waals surface area contributed by atoms with E-state index in [-0.39, 0.29) is 6.10 Å². The minimum absolute atomic E-state index is 0.187. The summed E-state index contributed by atoms with van der Waals surface area (Å²) < 4.78 is 0. The summed E-state index contributed by atoms with van der Waals surface area (Å²) in [7, 11) is -0.898. The minimum atomic E-state index is -0.898. The van der Waals surface area contributed by atoms with Crippen LogP contribution in [0.25, 0.3) is 0 Å². The Labute approximate surface area is 71.1 Å². The SMILES string of the molecule is CC(O)CC=CC[Si](C)(C)C. The monoisotopic (exact) mass is 172 g/mol. The molecule has 0 saturated carbocycles. The van der Waals surface area contributed by atoms with Crippen LogP contribution in [0.4, 0.5) is 0 Å². The Bertz CT molecular complexity index is 122. The normalized spacial score (nSPS) is 15.7. The molecule has 1 N–H and O–H groups in total. The van der Waals surface area contributed by atoms with Crippen molar-refractivity contribution in [2.75, 3.05) is 0 Å². The third-order valence-electron chi connectivity index (χ3n) is 1.37. The molecular formula is C9H20OSi. The molecule has 0 aliphatic carbocycles. The molecule has 1 unspecified atom stereocenters. The Kier molecular flexibility index (Phi) is 4.69. The molecule has 0 heterocycles. The summed E-state index contributed by atoms with van der Waals surface area (Å²) in [6.07, 6.45) is 4.90. The molecule has 2 heteroatoms. The van der Waals surface area contributed by atoms with E-state index in [4.69, 9.17) is 5.11 Å². The fourth-order valence-corrected chi connectivity index (χ4v) is 1.60. The van der Waals surface area contributed by atoms with Crippen LogP contribution in [0.3, 0.4) is 0 Å². The van der Waals surface area contributed by atoms with E-state index in [2.05, 4.69) is 31.8 Å². The van der Waals surface area contributed by atoms with Crippen molar-refractivity contribution in [3.8, 4) is 0 Å². The van der Waals surface area contributed by atoms with Gasteiger partial charge in [-0.2, -0.15) is 0 Å². The molecule has 0 aromatic rings. The summed E-state index contributed by atoms with van der Waals surface area (Å²) in [4.78, 5) is 0. The highest BCUT2D eigenvalue weighted by molar-refractivity contribution is 6.76. The van der Waals surface area contributed by atoms with Gasteiger partial charge in [-0.3, -0.25) is 0 Å². The Hall–Kier alpha value is -0.0831. The Morgan fingerprint density at radius 3 is 2.18 bits per heavy atom. The summed E-state index contributed by atoms with van der Waals surface area (Å²) in [5.74, 6) is 0. The molecule has 0 aromatic heterocycles. The van der Waals surface area contributed by atoms with E-state index in [1.165, 1.54) is 6.04 Å². The molecule has 0 aliphatic heterocycles. The summed E-state index contributed by atoms with van der Waals surface area (Å²) in [6, 6.07) is 1.22. The molecule has 0 bridgehead atoms. The second-order valence-corrected chi connectivity index (χ2v) is 9.85. The summed E-state index contributed by atoms with van der Waals surface area (Å²) >= 11 is 0. The van der Waals surface area contributed by atoms with Gasteiger partial charge in [0.05, 0.1) is 6.10 Å². The van der Waals surface area contributed by atoms with Gasteiger partial charge in [-0.1, -0.05) is 31.8 Å². The van der Waals surface area contributed by atoms with E-state index >= 15 is 0 Å². The predicted molar refractivity (Wildman–Crippen MR) is 53.6 cm³/mol. The van der Waals surface area contributed by atoms with Crippen molar-refractivity contribution in [1.29, 1.82) is 0 Å². The lowest BCUT2D eigenvalue weighted by molar-refractivity contribution is 0.198. The third kappa shape index (κ3) is 9.92. The average molecular weight is 172 g/mol. The fraction of sp³-hybridized carbons (Fsp3) is 0.778. The third-order valence-corrected chi connectivity index (χ3v) is 2.83. The van der Waals surface area contributed by atoms with Gasteiger partial charge >= 0.3 is 0 Å². The molecule has 0 saturated heterocycles. The average Bonchev–Trinajstić information content (AvgIpc) is 1.78. The Morgan fingerprint density at radius 1 is 1.27 bits per heavy atom. The summed E-state index contributed by atoms with van der Waals surface area (Å²) in [5, 5.41) is 8.94. The molecule has 0 rings (SSSR count). The van der Waals surface area contributed by atoms with Gasteiger partial charge in [0, 0.05) is 8.07 Å². The van der Waals surface area contributed by atoms with Crippen LogP contribution >= 0.6 is 0 Å². The van der Waals surface area contributed by atoms with Crippen LogP contribution in [0.1, 0.15) is 13.3 Å². The topological polar surface area (TPSA) is 20.2 Å². The van der Waals surface area contributed by atoms with Crippen molar-refractivity contribution >= 4 is 8.07 Å². The number of hydrogen-bond donors (Lipinski definition) is 1.